The third kappa shape index (κ3) is 3.67. The number of ether oxygens (including phenoxy) is 3. The Morgan fingerprint density at radius 2 is 1.96 bits per heavy atom. The summed E-state index contributed by atoms with van der Waals surface area (Å²) in [6, 6.07) is 17.5. The van der Waals surface area contributed by atoms with E-state index in [0.29, 0.717) is 6.61 Å². The van der Waals surface area contributed by atoms with Gasteiger partial charge >= 0.3 is 5.97 Å². The molecule has 0 aliphatic carbocycles. The fraction of sp³-hybridized carbons (Fsp3) is 0.250. The zero-order chi connectivity index (χ0) is 17.6. The van der Waals surface area contributed by atoms with Gasteiger partial charge in [0.05, 0.1) is 19.8 Å². The second kappa shape index (κ2) is 7.85. The van der Waals surface area contributed by atoms with Crippen LogP contribution in [-0.2, 0) is 14.3 Å². The highest BCUT2D eigenvalue weighted by Crippen LogP contribution is 2.36. The monoisotopic (exact) mass is 339 g/mol. The number of carbonyl (C=O) groups excluding carboxylic acids is 1. The molecule has 0 unspecified atom stereocenters. The smallest absolute Gasteiger partial charge is 0.356 e. The lowest BCUT2D eigenvalue weighted by atomic mass is 10.1. The Labute approximate surface area is 147 Å². The van der Waals surface area contributed by atoms with Crippen LogP contribution >= 0.6 is 0 Å². The lowest BCUT2D eigenvalue weighted by molar-refractivity contribution is -0.152. The maximum absolute atomic E-state index is 12.4. The number of esters is 1. The van der Waals surface area contributed by atoms with Gasteiger partial charge in [0.15, 0.2) is 0 Å². The van der Waals surface area contributed by atoms with Crippen LogP contribution in [0.3, 0.4) is 0 Å². The Hall–Kier alpha value is -2.79. The highest BCUT2D eigenvalue weighted by molar-refractivity contribution is 5.79. The second-order valence-electron chi connectivity index (χ2n) is 5.64. The van der Waals surface area contributed by atoms with Crippen LogP contribution < -0.4 is 9.64 Å². The van der Waals surface area contributed by atoms with E-state index in [1.165, 1.54) is 0 Å². The van der Waals surface area contributed by atoms with Crippen LogP contribution in [0, 0.1) is 0 Å². The van der Waals surface area contributed by atoms with E-state index in [0.717, 1.165) is 17.0 Å². The standard InChI is InChI=1S/C20H21NO4/c1-3-13-24-20(22)19-21(16-9-11-17(23-2)12-10-16)18(14-25-19)15-7-5-4-6-8-15/h3-12,18-19H,1,13-14H2,2H3/t18-,19+/m0/s1. The Kier molecular flexibility index (Phi) is 5.36. The molecule has 0 N–H and O–H groups in total. The molecule has 1 fully saturated rings. The summed E-state index contributed by atoms with van der Waals surface area (Å²) in [6.45, 7) is 4.14. The fourth-order valence-corrected chi connectivity index (χ4v) is 2.90. The Bertz CT molecular complexity index is 714. The summed E-state index contributed by atoms with van der Waals surface area (Å²) < 4.78 is 16.2. The minimum absolute atomic E-state index is 0.0733. The summed E-state index contributed by atoms with van der Waals surface area (Å²) in [7, 11) is 1.62. The molecule has 3 rings (SSSR count). The van der Waals surface area contributed by atoms with Crippen molar-refractivity contribution in [2.45, 2.75) is 12.3 Å². The van der Waals surface area contributed by atoms with Crippen LogP contribution in [0.4, 0.5) is 5.69 Å². The van der Waals surface area contributed by atoms with Crippen molar-refractivity contribution in [3.8, 4) is 5.75 Å². The molecule has 0 bridgehead atoms. The van der Waals surface area contributed by atoms with Crippen molar-refractivity contribution < 1.29 is 19.0 Å². The van der Waals surface area contributed by atoms with Crippen molar-refractivity contribution in [1.82, 2.24) is 0 Å². The van der Waals surface area contributed by atoms with Crippen LogP contribution in [0.25, 0.3) is 0 Å². The zero-order valence-electron chi connectivity index (χ0n) is 14.1. The quantitative estimate of drug-likeness (QED) is 0.597. The van der Waals surface area contributed by atoms with Gasteiger partial charge in [-0.1, -0.05) is 43.0 Å². The van der Waals surface area contributed by atoms with Crippen molar-refractivity contribution in [1.29, 1.82) is 0 Å². The minimum atomic E-state index is -0.793. The Morgan fingerprint density at radius 3 is 2.60 bits per heavy atom. The van der Waals surface area contributed by atoms with E-state index in [9.17, 15) is 4.79 Å². The summed E-state index contributed by atoms with van der Waals surface area (Å²) in [4.78, 5) is 14.4. The third-order valence-electron chi connectivity index (χ3n) is 4.10. The summed E-state index contributed by atoms with van der Waals surface area (Å²) >= 11 is 0. The van der Waals surface area contributed by atoms with Gasteiger partial charge in [-0.3, -0.25) is 0 Å². The van der Waals surface area contributed by atoms with Crippen LogP contribution in [0.2, 0.25) is 0 Å². The molecule has 0 saturated carbocycles. The normalized spacial score (nSPS) is 19.5. The van der Waals surface area contributed by atoms with Gasteiger partial charge in [0.1, 0.15) is 12.4 Å². The van der Waals surface area contributed by atoms with E-state index in [2.05, 4.69) is 6.58 Å². The van der Waals surface area contributed by atoms with Gasteiger partial charge in [0.25, 0.3) is 0 Å². The molecule has 2 aromatic rings. The van der Waals surface area contributed by atoms with Crippen molar-refractivity contribution in [2.75, 3.05) is 25.2 Å². The van der Waals surface area contributed by atoms with Crippen LogP contribution in [0.1, 0.15) is 11.6 Å². The maximum Gasteiger partial charge on any atom is 0.356 e. The third-order valence-corrected chi connectivity index (χ3v) is 4.10. The number of rotatable bonds is 6. The van der Waals surface area contributed by atoms with Gasteiger partial charge in [-0.25, -0.2) is 4.79 Å². The van der Waals surface area contributed by atoms with Gasteiger partial charge < -0.3 is 19.1 Å². The van der Waals surface area contributed by atoms with Crippen molar-refractivity contribution in [2.24, 2.45) is 0 Å². The minimum Gasteiger partial charge on any atom is -0.497 e. The van der Waals surface area contributed by atoms with Gasteiger partial charge in [-0.05, 0) is 29.8 Å². The zero-order valence-corrected chi connectivity index (χ0v) is 14.1. The molecule has 1 aliphatic heterocycles. The molecule has 1 heterocycles. The molecule has 5 nitrogen and oxygen atoms in total. The molecule has 0 aromatic heterocycles. The van der Waals surface area contributed by atoms with Crippen LogP contribution in [0.15, 0.2) is 67.3 Å². The predicted molar refractivity (Wildman–Crippen MR) is 95.6 cm³/mol. The summed E-state index contributed by atoms with van der Waals surface area (Å²) in [5, 5.41) is 0. The van der Waals surface area contributed by atoms with Crippen LogP contribution in [-0.4, -0.2) is 32.5 Å². The maximum atomic E-state index is 12.4. The number of nitrogens with zero attached hydrogens (tertiary/aromatic N) is 1. The number of hydrogen-bond donors (Lipinski definition) is 0. The number of carbonyl (C=O) groups is 1. The molecule has 1 saturated heterocycles. The van der Waals surface area contributed by atoms with Crippen molar-refractivity contribution in [3.05, 3.63) is 72.8 Å². The summed E-state index contributed by atoms with van der Waals surface area (Å²) in [6.07, 6.45) is 0.748. The predicted octanol–water partition coefficient (Wildman–Crippen LogP) is 3.33. The average Bonchev–Trinajstić information content (AvgIpc) is 3.12. The van der Waals surface area contributed by atoms with E-state index in [-0.39, 0.29) is 12.6 Å². The molecule has 2 aromatic carbocycles. The topological polar surface area (TPSA) is 48.0 Å². The second-order valence-corrected chi connectivity index (χ2v) is 5.64. The molecular weight excluding hydrogens is 318 g/mol. The molecular formula is C20H21NO4. The lowest BCUT2D eigenvalue weighted by Crippen LogP contribution is -2.39. The van der Waals surface area contributed by atoms with Crippen molar-refractivity contribution >= 4 is 11.7 Å². The molecule has 5 heteroatoms. The van der Waals surface area contributed by atoms with Gasteiger partial charge in [0, 0.05) is 5.69 Å². The van der Waals surface area contributed by atoms with Crippen molar-refractivity contribution in [3.63, 3.8) is 0 Å². The molecule has 0 amide bonds. The fourth-order valence-electron chi connectivity index (χ4n) is 2.90. The Balaban J connectivity index is 1.93. The molecule has 130 valence electrons. The van der Waals surface area contributed by atoms with E-state index in [4.69, 9.17) is 14.2 Å². The van der Waals surface area contributed by atoms with E-state index >= 15 is 0 Å². The first kappa shape index (κ1) is 17.0. The molecule has 0 spiro atoms. The molecule has 1 aliphatic rings. The Morgan fingerprint density at radius 1 is 1.24 bits per heavy atom. The lowest BCUT2D eigenvalue weighted by Gasteiger charge is -2.29. The number of benzene rings is 2. The largest absolute Gasteiger partial charge is 0.497 e. The summed E-state index contributed by atoms with van der Waals surface area (Å²) in [5.41, 5.74) is 1.95. The first-order valence-electron chi connectivity index (χ1n) is 8.11. The van der Waals surface area contributed by atoms with E-state index in [1.807, 2.05) is 59.5 Å². The number of hydrogen-bond acceptors (Lipinski definition) is 5. The van der Waals surface area contributed by atoms with E-state index < -0.39 is 12.2 Å². The first-order valence-corrected chi connectivity index (χ1v) is 8.11. The van der Waals surface area contributed by atoms with E-state index in [1.54, 1.807) is 13.2 Å². The molecule has 2 atom stereocenters. The van der Waals surface area contributed by atoms with Crippen LogP contribution in [0.5, 0.6) is 5.75 Å². The number of anilines is 1. The van der Waals surface area contributed by atoms with Gasteiger partial charge in [0.2, 0.25) is 6.23 Å². The highest BCUT2D eigenvalue weighted by atomic mass is 16.6. The average molecular weight is 339 g/mol. The molecule has 25 heavy (non-hydrogen) atoms. The molecule has 0 radical (unpaired) electrons. The first-order chi connectivity index (χ1) is 12.2. The van der Waals surface area contributed by atoms with Gasteiger partial charge in [-0.2, -0.15) is 0 Å². The number of methoxy groups -OCH3 is 1. The SMILES string of the molecule is C=CCOC(=O)[C@H]1OC[C@@H](c2ccccc2)N1c1ccc(OC)cc1. The van der Waals surface area contributed by atoms with Gasteiger partial charge in [-0.15, -0.1) is 0 Å². The summed E-state index contributed by atoms with van der Waals surface area (Å²) in [5.74, 6) is 0.333. The highest BCUT2D eigenvalue weighted by Gasteiger charge is 2.40.